The maximum absolute atomic E-state index is 12.7. The van der Waals surface area contributed by atoms with Crippen LogP contribution in [-0.4, -0.2) is 51.0 Å². The van der Waals surface area contributed by atoms with Crippen molar-refractivity contribution in [3.63, 3.8) is 0 Å². The molecule has 0 radical (unpaired) electrons. The van der Waals surface area contributed by atoms with Crippen LogP contribution >= 0.6 is 11.8 Å². The van der Waals surface area contributed by atoms with Crippen LogP contribution in [0, 0.1) is 0 Å². The second kappa shape index (κ2) is 10.3. The average molecular weight is 414 g/mol. The van der Waals surface area contributed by atoms with Crippen molar-refractivity contribution in [1.29, 1.82) is 0 Å². The molecule has 1 heterocycles. The minimum absolute atomic E-state index is 0.0214. The quantitative estimate of drug-likeness (QED) is 0.656. The lowest BCUT2D eigenvalue weighted by Crippen LogP contribution is -2.31. The predicted octanol–water partition coefficient (Wildman–Crippen LogP) is 4.43. The Kier molecular flexibility index (Phi) is 7.47. The number of benzene rings is 2. The van der Waals surface area contributed by atoms with Crippen LogP contribution in [0.25, 0.3) is 6.08 Å². The zero-order chi connectivity index (χ0) is 20.6. The van der Waals surface area contributed by atoms with Crippen molar-refractivity contribution in [2.45, 2.75) is 11.7 Å². The van der Waals surface area contributed by atoms with E-state index in [-0.39, 0.29) is 5.91 Å². The number of rotatable bonds is 6. The fourth-order valence-corrected chi connectivity index (χ4v) is 4.63. The second-order valence-electron chi connectivity index (χ2n) is 6.68. The Morgan fingerprint density at radius 3 is 2.34 bits per heavy atom. The number of amides is 1. The largest absolute Gasteiger partial charge is 0.493 e. The summed E-state index contributed by atoms with van der Waals surface area (Å²) in [4.78, 5) is 14.7. The molecule has 0 aliphatic carbocycles. The summed E-state index contributed by atoms with van der Waals surface area (Å²) < 4.78 is 16.1. The lowest BCUT2D eigenvalue weighted by atomic mass is 10.1. The van der Waals surface area contributed by atoms with E-state index in [9.17, 15) is 4.79 Å². The van der Waals surface area contributed by atoms with Crippen molar-refractivity contribution >= 4 is 23.7 Å². The van der Waals surface area contributed by atoms with Gasteiger partial charge in [0, 0.05) is 30.2 Å². The first-order valence-corrected chi connectivity index (χ1v) is 10.6. The van der Waals surface area contributed by atoms with E-state index in [1.807, 2.05) is 34.9 Å². The summed E-state index contributed by atoms with van der Waals surface area (Å²) in [7, 11) is 4.72. The minimum atomic E-state index is 0.0214. The van der Waals surface area contributed by atoms with E-state index < -0.39 is 0 Å². The summed E-state index contributed by atoms with van der Waals surface area (Å²) in [6.45, 7) is 1.51. The first-order chi connectivity index (χ1) is 14.2. The van der Waals surface area contributed by atoms with Crippen LogP contribution < -0.4 is 14.2 Å². The number of hydrogen-bond acceptors (Lipinski definition) is 5. The highest BCUT2D eigenvalue weighted by atomic mass is 32.2. The van der Waals surface area contributed by atoms with Gasteiger partial charge in [0.25, 0.3) is 0 Å². The van der Waals surface area contributed by atoms with Crippen LogP contribution in [0.1, 0.15) is 22.8 Å². The molecule has 154 valence electrons. The van der Waals surface area contributed by atoms with Crippen LogP contribution in [0.3, 0.4) is 0 Å². The number of thioether (sulfide) groups is 1. The molecule has 2 aromatic carbocycles. The molecule has 5 nitrogen and oxygen atoms in total. The van der Waals surface area contributed by atoms with Gasteiger partial charge in [0.1, 0.15) is 0 Å². The Morgan fingerprint density at radius 2 is 1.72 bits per heavy atom. The molecule has 1 aliphatic heterocycles. The second-order valence-corrected chi connectivity index (χ2v) is 7.99. The normalized spacial score (nSPS) is 17.1. The molecule has 2 aromatic rings. The van der Waals surface area contributed by atoms with Crippen LogP contribution in [0.5, 0.6) is 17.2 Å². The molecule has 1 aliphatic rings. The molecule has 1 amide bonds. The Balaban J connectivity index is 1.68. The van der Waals surface area contributed by atoms with E-state index in [2.05, 4.69) is 24.3 Å². The van der Waals surface area contributed by atoms with Gasteiger partial charge in [-0.05, 0) is 35.8 Å². The molecule has 0 bridgehead atoms. The van der Waals surface area contributed by atoms with Gasteiger partial charge in [0.05, 0.1) is 21.3 Å². The summed E-state index contributed by atoms with van der Waals surface area (Å²) in [6, 6.07) is 14.2. The standard InChI is InChI=1S/C23H27NO4S/c1-26-19-15-17(16-20(27-2)23(19)28-3)9-10-22(25)24-12-11-21(29-14-13-24)18-7-5-4-6-8-18/h4-10,15-16,21H,11-14H2,1-3H3/b10-9+. The van der Waals surface area contributed by atoms with Crippen LogP contribution in [-0.2, 0) is 4.79 Å². The molecule has 0 aromatic heterocycles. The van der Waals surface area contributed by atoms with Gasteiger partial charge in [-0.2, -0.15) is 11.8 Å². The van der Waals surface area contributed by atoms with Crippen LogP contribution in [0.2, 0.25) is 0 Å². The zero-order valence-electron chi connectivity index (χ0n) is 17.1. The first-order valence-electron chi connectivity index (χ1n) is 9.59. The van der Waals surface area contributed by atoms with Crippen molar-refractivity contribution in [2.75, 3.05) is 40.2 Å². The summed E-state index contributed by atoms with van der Waals surface area (Å²) >= 11 is 1.92. The molecule has 6 heteroatoms. The van der Waals surface area contributed by atoms with Crippen molar-refractivity contribution < 1.29 is 19.0 Å². The van der Waals surface area contributed by atoms with E-state index in [1.54, 1.807) is 33.5 Å². The number of methoxy groups -OCH3 is 3. The molecule has 3 rings (SSSR count). The molecule has 1 fully saturated rings. The summed E-state index contributed by atoms with van der Waals surface area (Å²) in [5.41, 5.74) is 2.15. The molecule has 0 N–H and O–H groups in total. The van der Waals surface area contributed by atoms with E-state index in [4.69, 9.17) is 14.2 Å². The summed E-state index contributed by atoms with van der Waals surface area (Å²) in [6.07, 6.45) is 4.37. The van der Waals surface area contributed by atoms with Crippen molar-refractivity contribution in [3.05, 3.63) is 59.7 Å². The Morgan fingerprint density at radius 1 is 1.03 bits per heavy atom. The maximum atomic E-state index is 12.7. The molecule has 1 atom stereocenters. The van der Waals surface area contributed by atoms with Gasteiger partial charge < -0.3 is 19.1 Å². The monoisotopic (exact) mass is 413 g/mol. The van der Waals surface area contributed by atoms with Gasteiger partial charge in [-0.1, -0.05) is 30.3 Å². The third-order valence-corrected chi connectivity index (χ3v) is 6.26. The minimum Gasteiger partial charge on any atom is -0.493 e. The number of ether oxygens (including phenoxy) is 3. The van der Waals surface area contributed by atoms with Gasteiger partial charge >= 0.3 is 0 Å². The Hall–Kier alpha value is -2.60. The highest BCUT2D eigenvalue weighted by Gasteiger charge is 2.21. The van der Waals surface area contributed by atoms with Crippen molar-refractivity contribution in [3.8, 4) is 17.2 Å². The predicted molar refractivity (Wildman–Crippen MR) is 118 cm³/mol. The summed E-state index contributed by atoms with van der Waals surface area (Å²) in [5, 5.41) is 0.438. The highest BCUT2D eigenvalue weighted by Crippen LogP contribution is 2.38. The smallest absolute Gasteiger partial charge is 0.246 e. The van der Waals surface area contributed by atoms with Crippen molar-refractivity contribution in [1.82, 2.24) is 4.90 Å². The lowest BCUT2D eigenvalue weighted by molar-refractivity contribution is -0.125. The number of hydrogen-bond donors (Lipinski definition) is 0. The van der Waals surface area contributed by atoms with Gasteiger partial charge in [-0.15, -0.1) is 0 Å². The first kappa shape index (κ1) is 21.1. The van der Waals surface area contributed by atoms with Crippen LogP contribution in [0.4, 0.5) is 0 Å². The molecule has 0 spiro atoms. The Bertz CT molecular complexity index is 828. The van der Waals surface area contributed by atoms with Gasteiger partial charge in [0.15, 0.2) is 11.5 Å². The molecular weight excluding hydrogens is 386 g/mol. The topological polar surface area (TPSA) is 48.0 Å². The van der Waals surface area contributed by atoms with Crippen LogP contribution in [0.15, 0.2) is 48.5 Å². The fourth-order valence-electron chi connectivity index (χ4n) is 3.39. The van der Waals surface area contributed by atoms with E-state index in [0.29, 0.717) is 22.5 Å². The molecule has 29 heavy (non-hydrogen) atoms. The molecule has 0 saturated carbocycles. The van der Waals surface area contributed by atoms with Crippen molar-refractivity contribution in [2.24, 2.45) is 0 Å². The zero-order valence-corrected chi connectivity index (χ0v) is 17.9. The third-order valence-electron chi connectivity index (χ3n) is 4.93. The molecule has 1 saturated heterocycles. The Labute approximate surface area is 176 Å². The average Bonchev–Trinajstić information content (AvgIpc) is 3.03. The van der Waals surface area contributed by atoms with Gasteiger partial charge in [-0.25, -0.2) is 0 Å². The third kappa shape index (κ3) is 5.26. The fraction of sp³-hybridized carbons (Fsp3) is 0.348. The molecular formula is C23H27NO4S. The highest BCUT2D eigenvalue weighted by molar-refractivity contribution is 7.99. The van der Waals surface area contributed by atoms with E-state index in [1.165, 1.54) is 5.56 Å². The van der Waals surface area contributed by atoms with Gasteiger partial charge in [-0.3, -0.25) is 4.79 Å². The number of carbonyl (C=O) groups is 1. The van der Waals surface area contributed by atoms with E-state index in [0.717, 1.165) is 30.8 Å². The maximum Gasteiger partial charge on any atom is 0.246 e. The van der Waals surface area contributed by atoms with E-state index >= 15 is 0 Å². The van der Waals surface area contributed by atoms with Gasteiger partial charge in [0.2, 0.25) is 11.7 Å². The number of carbonyl (C=O) groups excluding carboxylic acids is 1. The molecule has 1 unspecified atom stereocenters. The lowest BCUT2D eigenvalue weighted by Gasteiger charge is -2.18. The number of nitrogens with zero attached hydrogens (tertiary/aromatic N) is 1. The SMILES string of the molecule is COc1cc(/C=C/C(=O)N2CCSC(c3ccccc3)CC2)cc(OC)c1OC. The summed E-state index contributed by atoms with van der Waals surface area (Å²) in [5.74, 6) is 2.62.